The van der Waals surface area contributed by atoms with Gasteiger partial charge in [-0.2, -0.15) is 0 Å². The van der Waals surface area contributed by atoms with E-state index in [-0.39, 0.29) is 0 Å². The molecule has 9 nitrogen and oxygen atoms in total. The molecule has 0 bridgehead atoms. The van der Waals surface area contributed by atoms with E-state index in [9.17, 15) is 25.3 Å². The Labute approximate surface area is 216 Å². The van der Waals surface area contributed by atoms with E-state index < -0.39 is 59.2 Å². The van der Waals surface area contributed by atoms with E-state index in [1.54, 1.807) is 20.8 Å². The van der Waals surface area contributed by atoms with Crippen molar-refractivity contribution in [3.63, 3.8) is 0 Å². The van der Waals surface area contributed by atoms with Crippen molar-refractivity contribution in [1.29, 1.82) is 0 Å². The normalized spacial score (nSPS) is 13.6. The van der Waals surface area contributed by atoms with Crippen molar-refractivity contribution in [2.75, 3.05) is 0 Å². The third-order valence-corrected chi connectivity index (χ3v) is 32.4. The van der Waals surface area contributed by atoms with Crippen molar-refractivity contribution in [3.05, 3.63) is 89.5 Å². The molecule has 13 heteroatoms. The number of aryl methyl sites for hydroxylation is 3. The van der Waals surface area contributed by atoms with Crippen LogP contribution in [0.5, 0.6) is 0 Å². The number of rotatable bonds is 9. The number of hydrogen-bond donors (Lipinski definition) is 0. The number of benzene rings is 3. The van der Waals surface area contributed by atoms with Crippen LogP contribution in [0.2, 0.25) is 0 Å². The minimum atomic E-state index is -8.60. The van der Waals surface area contributed by atoms with Gasteiger partial charge in [-0.25, -0.2) is 0 Å². The molecule has 0 atom stereocenters. The molecule has 0 aliphatic rings. The average molecular weight is 605 g/mol. The third-order valence-electron chi connectivity index (χ3n) is 5.52. The maximum atomic E-state index is 15.2. The summed E-state index contributed by atoms with van der Waals surface area (Å²) in [6, 6.07) is 14.5. The second-order valence-electron chi connectivity index (χ2n) is 8.98. The summed E-state index contributed by atoms with van der Waals surface area (Å²) in [7, 11) is -16.5. The monoisotopic (exact) mass is 604 g/mol. The predicted molar refractivity (Wildman–Crippen MR) is 133 cm³/mol. The first-order valence-electron chi connectivity index (χ1n) is 11.2. The molecule has 0 spiro atoms. The van der Waals surface area contributed by atoms with Gasteiger partial charge in [-0.3, -0.25) is 0 Å². The van der Waals surface area contributed by atoms with Crippen molar-refractivity contribution in [3.8, 4) is 0 Å². The van der Waals surface area contributed by atoms with Crippen LogP contribution in [0.15, 0.2) is 87.5 Å². The minimum absolute atomic E-state index is 0.588. The maximum absolute atomic E-state index is 15.2. The van der Waals surface area contributed by atoms with Crippen molar-refractivity contribution in [1.82, 2.24) is 0 Å². The topological polar surface area (TPSA) is 138 Å². The molecule has 0 heterocycles. The third kappa shape index (κ3) is 5.03. The van der Waals surface area contributed by atoms with Gasteiger partial charge >= 0.3 is 218 Å². The molecule has 0 saturated heterocycles. The zero-order chi connectivity index (χ0) is 27.9. The number of hydrogen-bond acceptors (Lipinski definition) is 9. The summed E-state index contributed by atoms with van der Waals surface area (Å²) < 4.78 is 109. The predicted octanol–water partition coefficient (Wildman–Crippen LogP) is 4.39. The summed E-state index contributed by atoms with van der Waals surface area (Å²) in [6.07, 6.45) is -1.33. The fourth-order valence-corrected chi connectivity index (χ4v) is 30.7. The summed E-state index contributed by atoms with van der Waals surface area (Å²) in [5, 5.41) is 0. The molecule has 3 aromatic carbocycles. The van der Waals surface area contributed by atoms with Crippen LogP contribution in [0.25, 0.3) is 0 Å². The fourth-order valence-electron chi connectivity index (χ4n) is 3.52. The second-order valence-corrected chi connectivity index (χ2v) is 29.1. The molecular formula is C24H28O9S3Ti. The molecular weight excluding hydrogens is 576 g/mol. The van der Waals surface area contributed by atoms with E-state index >= 15 is 3.32 Å². The van der Waals surface area contributed by atoms with Gasteiger partial charge in [0, 0.05) is 0 Å². The Hall–Kier alpha value is -2.06. The van der Waals surface area contributed by atoms with Crippen LogP contribution >= 0.6 is 0 Å². The van der Waals surface area contributed by atoms with Gasteiger partial charge in [0.1, 0.15) is 0 Å². The van der Waals surface area contributed by atoms with Crippen molar-refractivity contribution >= 4 is 25.0 Å². The van der Waals surface area contributed by atoms with Crippen LogP contribution in [-0.4, -0.2) is 31.4 Å². The van der Waals surface area contributed by atoms with Crippen LogP contribution in [0.4, 0.5) is 0 Å². The van der Waals surface area contributed by atoms with E-state index in [0.717, 1.165) is 36.4 Å². The molecule has 3 rings (SSSR count). The molecule has 0 aliphatic carbocycles. The Morgan fingerprint density at radius 3 is 1.16 bits per heavy atom. The van der Waals surface area contributed by atoms with Crippen molar-refractivity contribution < 1.29 is 48.1 Å². The quantitative estimate of drug-likeness (QED) is 0.326. The van der Waals surface area contributed by atoms with Gasteiger partial charge in [0.05, 0.1) is 0 Å². The molecule has 0 aromatic heterocycles. The van der Waals surface area contributed by atoms with Gasteiger partial charge in [0.2, 0.25) is 0 Å². The molecule has 0 aliphatic heterocycles. The van der Waals surface area contributed by atoms with Gasteiger partial charge in [0.25, 0.3) is 0 Å². The van der Waals surface area contributed by atoms with E-state index in [4.69, 9.17) is 6.08 Å². The summed E-state index contributed by atoms with van der Waals surface area (Å²) in [5.74, 6) is 0. The molecule has 0 saturated carbocycles. The standard InChI is InChI=1S/C7H8O3S.2C7H7O2S.C3H7O.O.Ti/c1-6-2-4-7(5-3-6)11(8,9)10;2*1-6-2-4-7(5-3-6)10(8)9;1-3(2)4;;/h2-5H,1H3,(H,8,9,10);2*2-5H,1H3;3H,1-2H3;;/q;;;-1;;+2/p-1. The van der Waals surface area contributed by atoms with Crippen molar-refractivity contribution in [2.45, 2.75) is 55.4 Å². The Kier molecular flexibility index (Phi) is 7.91. The first-order chi connectivity index (χ1) is 16.9. The molecule has 0 amide bonds. The van der Waals surface area contributed by atoms with Gasteiger partial charge < -0.3 is 0 Å². The summed E-state index contributed by atoms with van der Waals surface area (Å²) in [5.41, 5.74) is 1.91. The Bertz CT molecular complexity index is 1610. The zero-order valence-corrected chi connectivity index (χ0v) is 24.9. The molecule has 0 N–H and O–H groups in total. The summed E-state index contributed by atoms with van der Waals surface area (Å²) in [6.45, 7) is 7.46. The van der Waals surface area contributed by atoms with Gasteiger partial charge in [-0.1, -0.05) is 0 Å². The fraction of sp³-hybridized carbons (Fsp3) is 0.250. The molecule has 0 radical (unpaired) electrons. The second kappa shape index (κ2) is 9.92. The van der Waals surface area contributed by atoms with E-state index in [0.29, 0.717) is 16.7 Å². The Morgan fingerprint density at radius 2 is 0.865 bits per heavy atom. The zero-order valence-electron chi connectivity index (χ0n) is 20.9. The van der Waals surface area contributed by atoms with Crippen LogP contribution in [0.1, 0.15) is 30.5 Å². The first kappa shape index (κ1) is 29.5. The van der Waals surface area contributed by atoms with E-state index in [2.05, 4.69) is 0 Å². The average Bonchev–Trinajstić information content (AvgIpc) is 2.79. The van der Waals surface area contributed by atoms with Crippen LogP contribution < -0.4 is 0 Å². The molecule has 0 fully saturated rings. The molecule has 200 valence electrons. The van der Waals surface area contributed by atoms with Crippen LogP contribution in [-0.2, 0) is 47.8 Å². The SMILES string of the molecule is Cc1ccc(S(=O)(=O)[O][Ti](=[O])([O]C(C)C)([S](=O)(=O)c2ccc(C)cc2)[S](=O)(=O)c2ccc(C)cc2)cc1. The van der Waals surface area contributed by atoms with Crippen LogP contribution in [0.3, 0.4) is 0 Å². The van der Waals surface area contributed by atoms with Crippen molar-refractivity contribution in [2.24, 2.45) is 0 Å². The Balaban J connectivity index is 2.50. The molecule has 3 aromatic rings. The summed E-state index contributed by atoms with van der Waals surface area (Å²) in [4.78, 5) is -2.03. The molecule has 37 heavy (non-hydrogen) atoms. The first-order valence-corrected chi connectivity index (χ1v) is 21.3. The van der Waals surface area contributed by atoms with Crippen LogP contribution in [0, 0.1) is 20.8 Å². The van der Waals surface area contributed by atoms with Gasteiger partial charge in [-0.05, 0) is 0 Å². The van der Waals surface area contributed by atoms with Gasteiger partial charge in [0.15, 0.2) is 0 Å². The summed E-state index contributed by atoms with van der Waals surface area (Å²) >= 11 is -8.60. The van der Waals surface area contributed by atoms with E-state index in [1.165, 1.54) is 50.2 Å². The molecule has 0 unspecified atom stereocenters. The van der Waals surface area contributed by atoms with Gasteiger partial charge in [-0.15, -0.1) is 0 Å². The Morgan fingerprint density at radius 1 is 0.568 bits per heavy atom. The van der Waals surface area contributed by atoms with E-state index in [1.807, 2.05) is 0 Å².